The van der Waals surface area contributed by atoms with E-state index in [1.165, 1.54) is 0 Å². The zero-order valence-corrected chi connectivity index (χ0v) is 15.5. The van der Waals surface area contributed by atoms with Crippen LogP contribution < -0.4 is 4.74 Å². The van der Waals surface area contributed by atoms with Crippen molar-refractivity contribution < 1.29 is 19.1 Å². The van der Waals surface area contributed by atoms with E-state index in [1.807, 2.05) is 47.5 Å². The van der Waals surface area contributed by atoms with Gasteiger partial charge in [-0.2, -0.15) is 5.10 Å². The molecule has 1 N–H and O–H groups in total. The highest BCUT2D eigenvalue weighted by Gasteiger charge is 2.28. The topological polar surface area (TPSA) is 80.7 Å². The van der Waals surface area contributed by atoms with E-state index in [4.69, 9.17) is 14.3 Å². The van der Waals surface area contributed by atoms with Crippen LogP contribution in [0.3, 0.4) is 0 Å². The van der Waals surface area contributed by atoms with Gasteiger partial charge >= 0.3 is 0 Å². The van der Waals surface area contributed by atoms with Crippen molar-refractivity contribution in [2.75, 3.05) is 19.7 Å². The van der Waals surface area contributed by atoms with Crippen LogP contribution in [0.15, 0.2) is 59.1 Å². The first-order valence-corrected chi connectivity index (χ1v) is 9.49. The molecular formula is C21H23N3O4. The van der Waals surface area contributed by atoms with Gasteiger partial charge in [0.15, 0.2) is 5.76 Å². The number of para-hydroxylation sites is 1. The maximum absolute atomic E-state index is 12.9. The van der Waals surface area contributed by atoms with E-state index in [0.717, 1.165) is 18.5 Å². The SMILES string of the molecule is O=C(c1ccc(Oc2ccccc2)o1)N1CCC[C@@H](c2ccn(CCO)n2)C1. The summed E-state index contributed by atoms with van der Waals surface area (Å²) in [5, 5.41) is 13.6. The summed E-state index contributed by atoms with van der Waals surface area (Å²) in [5.41, 5.74) is 0.957. The van der Waals surface area contributed by atoms with Crippen molar-refractivity contribution in [3.63, 3.8) is 0 Å². The van der Waals surface area contributed by atoms with Gasteiger partial charge in [0.2, 0.25) is 0 Å². The van der Waals surface area contributed by atoms with Crippen LogP contribution in [-0.2, 0) is 6.54 Å². The van der Waals surface area contributed by atoms with Crippen molar-refractivity contribution in [3.8, 4) is 11.7 Å². The molecule has 7 nitrogen and oxygen atoms in total. The lowest BCUT2D eigenvalue weighted by Gasteiger charge is -2.31. The minimum Gasteiger partial charge on any atom is -0.426 e. The molecule has 0 unspecified atom stereocenters. The Morgan fingerprint density at radius 3 is 2.89 bits per heavy atom. The number of furan rings is 1. The molecule has 0 spiro atoms. The van der Waals surface area contributed by atoms with E-state index in [2.05, 4.69) is 5.10 Å². The van der Waals surface area contributed by atoms with Crippen LogP contribution in [0.25, 0.3) is 0 Å². The molecule has 1 amide bonds. The molecule has 2 aromatic heterocycles. The summed E-state index contributed by atoms with van der Waals surface area (Å²) in [7, 11) is 0. The largest absolute Gasteiger partial charge is 0.426 e. The summed E-state index contributed by atoms with van der Waals surface area (Å²) in [6, 6.07) is 14.6. The number of hydrogen-bond donors (Lipinski definition) is 1. The number of likely N-dealkylation sites (tertiary alicyclic amines) is 1. The molecule has 3 aromatic rings. The normalized spacial score (nSPS) is 16.9. The minimum atomic E-state index is -0.137. The first-order chi connectivity index (χ1) is 13.7. The first kappa shape index (κ1) is 18.3. The second-order valence-corrected chi connectivity index (χ2v) is 6.85. The summed E-state index contributed by atoms with van der Waals surface area (Å²) < 4.78 is 13.0. The number of aliphatic hydroxyl groups is 1. The predicted octanol–water partition coefficient (Wildman–Crippen LogP) is 3.28. The Balaban J connectivity index is 1.41. The third kappa shape index (κ3) is 4.09. The second-order valence-electron chi connectivity index (χ2n) is 6.85. The molecule has 1 atom stereocenters. The van der Waals surface area contributed by atoms with Crippen molar-refractivity contribution in [2.45, 2.75) is 25.3 Å². The van der Waals surface area contributed by atoms with Gasteiger partial charge in [-0.05, 0) is 37.1 Å². The quantitative estimate of drug-likeness (QED) is 0.709. The Bertz CT molecular complexity index is 919. The summed E-state index contributed by atoms with van der Waals surface area (Å²) in [5.74, 6) is 1.28. The highest BCUT2D eigenvalue weighted by atomic mass is 16.6. The van der Waals surface area contributed by atoms with Crippen LogP contribution in [0.2, 0.25) is 0 Å². The van der Waals surface area contributed by atoms with Crippen LogP contribution in [0.4, 0.5) is 0 Å². The Hall–Kier alpha value is -3.06. The summed E-state index contributed by atoms with van der Waals surface area (Å²) >= 11 is 0. The van der Waals surface area contributed by atoms with E-state index in [1.54, 1.807) is 16.8 Å². The van der Waals surface area contributed by atoms with Crippen LogP contribution in [0.1, 0.15) is 35.0 Å². The van der Waals surface area contributed by atoms with Gasteiger partial charge in [0.05, 0.1) is 18.8 Å². The number of hydrogen-bond acceptors (Lipinski definition) is 5. The summed E-state index contributed by atoms with van der Waals surface area (Å²) in [4.78, 5) is 14.7. The molecule has 0 bridgehead atoms. The summed E-state index contributed by atoms with van der Waals surface area (Å²) in [6.45, 7) is 1.83. The maximum Gasteiger partial charge on any atom is 0.290 e. The highest BCUT2D eigenvalue weighted by Crippen LogP contribution is 2.28. The fraction of sp³-hybridized carbons (Fsp3) is 0.333. The van der Waals surface area contributed by atoms with Crippen LogP contribution in [-0.4, -0.2) is 45.4 Å². The van der Waals surface area contributed by atoms with E-state index in [0.29, 0.717) is 31.3 Å². The molecule has 0 radical (unpaired) electrons. The standard InChI is InChI=1S/C21H23N3O4/c25-14-13-24-12-10-18(22-24)16-5-4-11-23(15-16)21(26)19-8-9-20(28-19)27-17-6-2-1-3-7-17/h1-3,6-10,12,16,25H,4-5,11,13-15H2/t16-/m1/s1. The van der Waals surface area contributed by atoms with Gasteiger partial charge in [-0.25, -0.2) is 0 Å². The van der Waals surface area contributed by atoms with E-state index >= 15 is 0 Å². The van der Waals surface area contributed by atoms with Gasteiger partial charge in [-0.3, -0.25) is 9.48 Å². The molecule has 4 rings (SSSR count). The van der Waals surface area contributed by atoms with Crippen LogP contribution in [0.5, 0.6) is 11.7 Å². The number of benzene rings is 1. The van der Waals surface area contributed by atoms with Crippen molar-refractivity contribution >= 4 is 5.91 Å². The van der Waals surface area contributed by atoms with Crippen molar-refractivity contribution in [3.05, 3.63) is 66.2 Å². The van der Waals surface area contributed by atoms with Gasteiger partial charge in [-0.15, -0.1) is 0 Å². The third-order valence-corrected chi connectivity index (χ3v) is 4.87. The van der Waals surface area contributed by atoms with Gasteiger partial charge in [-0.1, -0.05) is 18.2 Å². The molecule has 1 aliphatic rings. The number of amides is 1. The third-order valence-electron chi connectivity index (χ3n) is 4.87. The lowest BCUT2D eigenvalue weighted by Crippen LogP contribution is -2.39. The fourth-order valence-corrected chi connectivity index (χ4v) is 3.48. The smallest absolute Gasteiger partial charge is 0.290 e. The zero-order chi connectivity index (χ0) is 19.3. The fourth-order valence-electron chi connectivity index (χ4n) is 3.48. The minimum absolute atomic E-state index is 0.0578. The number of carbonyl (C=O) groups excluding carboxylic acids is 1. The van der Waals surface area contributed by atoms with Crippen molar-refractivity contribution in [1.82, 2.24) is 14.7 Å². The Kier molecular flexibility index (Phi) is 5.43. The molecule has 7 heteroatoms. The van der Waals surface area contributed by atoms with Crippen molar-refractivity contribution in [1.29, 1.82) is 0 Å². The number of piperidine rings is 1. The molecule has 3 heterocycles. The first-order valence-electron chi connectivity index (χ1n) is 9.49. The highest BCUT2D eigenvalue weighted by molar-refractivity contribution is 5.91. The molecule has 1 aliphatic heterocycles. The van der Waals surface area contributed by atoms with E-state index in [-0.39, 0.29) is 24.2 Å². The van der Waals surface area contributed by atoms with Crippen LogP contribution >= 0.6 is 0 Å². The Morgan fingerprint density at radius 2 is 2.07 bits per heavy atom. The number of ether oxygens (including phenoxy) is 1. The molecule has 1 aromatic carbocycles. The second kappa shape index (κ2) is 8.31. The summed E-state index contributed by atoms with van der Waals surface area (Å²) in [6.07, 6.45) is 3.77. The molecule has 28 heavy (non-hydrogen) atoms. The van der Waals surface area contributed by atoms with E-state index in [9.17, 15) is 4.79 Å². The zero-order valence-electron chi connectivity index (χ0n) is 15.5. The number of aliphatic hydroxyl groups excluding tert-OH is 1. The number of carbonyl (C=O) groups is 1. The molecule has 1 fully saturated rings. The van der Waals surface area contributed by atoms with Gasteiger partial charge < -0.3 is 19.2 Å². The lowest BCUT2D eigenvalue weighted by atomic mass is 9.95. The Morgan fingerprint density at radius 1 is 1.21 bits per heavy atom. The van der Waals surface area contributed by atoms with Crippen molar-refractivity contribution in [2.24, 2.45) is 0 Å². The van der Waals surface area contributed by atoms with E-state index < -0.39 is 0 Å². The molecule has 0 saturated carbocycles. The number of rotatable bonds is 6. The van der Waals surface area contributed by atoms with Gasteiger partial charge in [0, 0.05) is 31.3 Å². The Labute approximate surface area is 163 Å². The molecule has 146 valence electrons. The monoisotopic (exact) mass is 381 g/mol. The molecular weight excluding hydrogens is 358 g/mol. The maximum atomic E-state index is 12.9. The van der Waals surface area contributed by atoms with Gasteiger partial charge in [0.1, 0.15) is 5.75 Å². The average Bonchev–Trinajstić information content (AvgIpc) is 3.39. The predicted molar refractivity (Wildman–Crippen MR) is 102 cm³/mol. The number of nitrogens with zero attached hydrogens (tertiary/aromatic N) is 3. The van der Waals surface area contributed by atoms with Gasteiger partial charge in [0.25, 0.3) is 11.9 Å². The number of aromatic nitrogens is 2. The average molecular weight is 381 g/mol. The molecule has 0 aliphatic carbocycles. The lowest BCUT2D eigenvalue weighted by molar-refractivity contribution is 0.0668. The van der Waals surface area contributed by atoms with Crippen LogP contribution in [0, 0.1) is 0 Å². The molecule has 1 saturated heterocycles.